The van der Waals surface area contributed by atoms with Crippen molar-refractivity contribution in [3.8, 4) is 0 Å². The zero-order chi connectivity index (χ0) is 18.0. The molecule has 1 aromatic rings. The lowest BCUT2D eigenvalue weighted by atomic mass is 9.80. The smallest absolute Gasteiger partial charge is 0.181 e. The van der Waals surface area contributed by atoms with Crippen LogP contribution in [0.4, 0.5) is 0 Å². The molecule has 1 atom stereocenters. The molecular weight excluding hydrogens is 336 g/mol. The fourth-order valence-electron chi connectivity index (χ4n) is 3.59. The maximum absolute atomic E-state index is 12.8. The van der Waals surface area contributed by atoms with E-state index in [9.17, 15) is 13.2 Å². The number of benzene rings is 1. The summed E-state index contributed by atoms with van der Waals surface area (Å²) in [6.07, 6.45) is 4.35. The van der Waals surface area contributed by atoms with E-state index in [1.165, 1.54) is 0 Å². The largest absolute Gasteiger partial charge is 0.381 e. The first-order chi connectivity index (χ1) is 11.9. The molecule has 0 radical (unpaired) electrons. The number of carbonyl (C=O) groups is 1. The molecule has 4 nitrogen and oxygen atoms in total. The molecular formula is C20H28O4S. The summed E-state index contributed by atoms with van der Waals surface area (Å²) < 4.78 is 30.1. The van der Waals surface area contributed by atoms with Crippen LogP contribution in [0.25, 0.3) is 0 Å². The van der Waals surface area contributed by atoms with Gasteiger partial charge in [-0.15, -0.1) is 0 Å². The third-order valence-corrected chi connectivity index (χ3v) is 7.67. The highest BCUT2D eigenvalue weighted by atomic mass is 32.2. The first kappa shape index (κ1) is 18.6. The van der Waals surface area contributed by atoms with Crippen LogP contribution in [-0.4, -0.2) is 32.7 Å². The van der Waals surface area contributed by atoms with Crippen molar-refractivity contribution in [3.63, 3.8) is 0 Å². The van der Waals surface area contributed by atoms with Gasteiger partial charge in [-0.3, -0.25) is 4.79 Å². The lowest BCUT2D eigenvalue weighted by Crippen LogP contribution is -2.24. The van der Waals surface area contributed by atoms with Crippen molar-refractivity contribution in [2.45, 2.75) is 62.0 Å². The molecule has 0 N–H and O–H groups in total. The summed E-state index contributed by atoms with van der Waals surface area (Å²) in [6, 6.07) is 7.07. The van der Waals surface area contributed by atoms with E-state index in [-0.39, 0.29) is 22.9 Å². The molecule has 1 aromatic carbocycles. The Kier molecular flexibility index (Phi) is 5.64. The van der Waals surface area contributed by atoms with Crippen molar-refractivity contribution in [1.82, 2.24) is 0 Å². The van der Waals surface area contributed by atoms with Gasteiger partial charge in [-0.05, 0) is 55.7 Å². The van der Waals surface area contributed by atoms with Crippen molar-refractivity contribution in [2.24, 2.45) is 11.8 Å². The van der Waals surface area contributed by atoms with Gasteiger partial charge in [-0.2, -0.15) is 0 Å². The number of hydrogen-bond acceptors (Lipinski definition) is 4. The first-order valence-electron chi connectivity index (χ1n) is 9.35. The van der Waals surface area contributed by atoms with Gasteiger partial charge in [-0.25, -0.2) is 8.42 Å². The number of Topliss-reactive ketones (excluding diaryl/α,β-unsaturated/α-hetero) is 1. The third-order valence-electron chi connectivity index (χ3n) is 5.40. The zero-order valence-corrected chi connectivity index (χ0v) is 15.9. The fraction of sp³-hybridized carbons (Fsp3) is 0.650. The summed E-state index contributed by atoms with van der Waals surface area (Å²) in [4.78, 5) is 13.2. The molecule has 25 heavy (non-hydrogen) atoms. The minimum absolute atomic E-state index is 0.0280. The number of rotatable bonds is 7. The maximum Gasteiger partial charge on any atom is 0.181 e. The van der Waals surface area contributed by atoms with Gasteiger partial charge < -0.3 is 4.74 Å². The van der Waals surface area contributed by atoms with E-state index >= 15 is 0 Å². The van der Waals surface area contributed by atoms with Crippen molar-refractivity contribution >= 4 is 15.6 Å². The van der Waals surface area contributed by atoms with Crippen LogP contribution >= 0.6 is 0 Å². The Labute approximate surface area is 150 Å². The lowest BCUT2D eigenvalue weighted by Gasteiger charge is -2.27. The van der Waals surface area contributed by atoms with Gasteiger partial charge >= 0.3 is 0 Å². The third kappa shape index (κ3) is 4.32. The van der Waals surface area contributed by atoms with Crippen LogP contribution in [-0.2, 0) is 19.4 Å². The van der Waals surface area contributed by atoms with E-state index in [1.54, 1.807) is 12.1 Å². The molecule has 0 bridgehead atoms. The Morgan fingerprint density at radius 3 is 2.20 bits per heavy atom. The van der Waals surface area contributed by atoms with Gasteiger partial charge in [0.25, 0.3) is 0 Å². The minimum atomic E-state index is -3.17. The fourth-order valence-corrected chi connectivity index (χ4v) is 5.25. The number of hydrogen-bond donors (Lipinski definition) is 0. The summed E-state index contributed by atoms with van der Waals surface area (Å²) in [5, 5.41) is -0.200. The summed E-state index contributed by atoms with van der Waals surface area (Å²) in [5.41, 5.74) is 0.944. The predicted molar refractivity (Wildman–Crippen MR) is 97.4 cm³/mol. The normalized spacial score (nSPS) is 20.6. The molecule has 5 heteroatoms. The highest BCUT2D eigenvalue weighted by molar-refractivity contribution is 7.92. The number of ether oxygens (including phenoxy) is 1. The van der Waals surface area contributed by atoms with Gasteiger partial charge in [0.1, 0.15) is 5.78 Å². The molecule has 3 rings (SSSR count). The quantitative estimate of drug-likeness (QED) is 0.739. The van der Waals surface area contributed by atoms with E-state index in [1.807, 2.05) is 26.0 Å². The molecule has 1 aliphatic heterocycles. The topological polar surface area (TPSA) is 60.4 Å². The Morgan fingerprint density at radius 1 is 1.08 bits per heavy atom. The number of carbonyl (C=O) groups excluding carboxylic acids is 1. The zero-order valence-electron chi connectivity index (χ0n) is 15.1. The van der Waals surface area contributed by atoms with Crippen LogP contribution in [0.2, 0.25) is 0 Å². The van der Waals surface area contributed by atoms with Crippen LogP contribution in [0.15, 0.2) is 29.2 Å². The van der Waals surface area contributed by atoms with Crippen LogP contribution in [0.1, 0.15) is 57.4 Å². The molecule has 0 unspecified atom stereocenters. The average Bonchev–Trinajstić information content (AvgIpc) is 3.46. The number of ketones is 1. The Morgan fingerprint density at radius 2 is 1.68 bits per heavy atom. The van der Waals surface area contributed by atoms with E-state index < -0.39 is 9.84 Å². The molecule has 0 aromatic heterocycles. The van der Waals surface area contributed by atoms with Gasteiger partial charge in [-0.1, -0.05) is 26.0 Å². The Bertz CT molecular complexity index is 696. The van der Waals surface area contributed by atoms with Crippen molar-refractivity contribution < 1.29 is 17.9 Å². The lowest BCUT2D eigenvalue weighted by molar-refractivity contribution is -0.124. The van der Waals surface area contributed by atoms with Crippen LogP contribution in [0.5, 0.6) is 0 Å². The van der Waals surface area contributed by atoms with Crippen molar-refractivity contribution in [2.75, 3.05) is 13.2 Å². The van der Waals surface area contributed by atoms with Crippen molar-refractivity contribution in [1.29, 1.82) is 0 Å². The Hall–Kier alpha value is -1.20. The van der Waals surface area contributed by atoms with Gasteiger partial charge in [0.2, 0.25) is 0 Å². The molecule has 138 valence electrons. The van der Waals surface area contributed by atoms with Gasteiger partial charge in [0.15, 0.2) is 9.84 Å². The maximum atomic E-state index is 12.8. The molecule has 2 aliphatic rings. The van der Waals surface area contributed by atoms with Crippen molar-refractivity contribution in [3.05, 3.63) is 29.8 Å². The second kappa shape index (κ2) is 7.58. The van der Waals surface area contributed by atoms with E-state index in [0.717, 1.165) is 50.9 Å². The summed E-state index contributed by atoms with van der Waals surface area (Å²) in [6.45, 7) is 5.41. The highest BCUT2D eigenvalue weighted by Crippen LogP contribution is 2.35. The average molecular weight is 365 g/mol. The van der Waals surface area contributed by atoms with Gasteiger partial charge in [0.05, 0.1) is 10.1 Å². The SMILES string of the molecule is CC(C)C(=O)[C@H](CC1CCOCC1)c1ccc(S(=O)(=O)C2CC2)cc1. The molecule has 1 heterocycles. The van der Waals surface area contributed by atoms with Gasteiger partial charge in [0, 0.05) is 25.0 Å². The van der Waals surface area contributed by atoms with E-state index in [4.69, 9.17) is 4.74 Å². The second-order valence-corrected chi connectivity index (χ2v) is 9.94. The van der Waals surface area contributed by atoms with Crippen LogP contribution in [0.3, 0.4) is 0 Å². The molecule has 1 saturated carbocycles. The van der Waals surface area contributed by atoms with Crippen LogP contribution in [0, 0.1) is 11.8 Å². The number of sulfone groups is 1. The summed E-state index contributed by atoms with van der Waals surface area (Å²) >= 11 is 0. The molecule has 2 fully saturated rings. The van der Waals surface area contributed by atoms with Crippen LogP contribution < -0.4 is 0 Å². The molecule has 1 saturated heterocycles. The second-order valence-electron chi connectivity index (χ2n) is 7.71. The minimum Gasteiger partial charge on any atom is -0.381 e. The first-order valence-corrected chi connectivity index (χ1v) is 10.9. The molecule has 0 spiro atoms. The van der Waals surface area contributed by atoms with E-state index in [0.29, 0.717) is 10.8 Å². The highest BCUT2D eigenvalue weighted by Gasteiger charge is 2.37. The molecule has 0 amide bonds. The standard InChI is InChI=1S/C20H28O4S/c1-14(2)20(21)19(13-15-9-11-24-12-10-15)16-3-5-17(6-4-16)25(22,23)18-7-8-18/h3-6,14-15,18-19H,7-13H2,1-2H3/t19-/m1/s1. The van der Waals surface area contributed by atoms with E-state index in [2.05, 4.69) is 0 Å². The summed E-state index contributed by atoms with van der Waals surface area (Å²) in [7, 11) is -3.17. The predicted octanol–water partition coefficient (Wildman–Crippen LogP) is 3.75. The monoisotopic (exact) mass is 364 g/mol. The summed E-state index contributed by atoms with van der Waals surface area (Å²) in [5.74, 6) is 0.557. The Balaban J connectivity index is 1.81. The molecule has 1 aliphatic carbocycles.